The highest BCUT2D eigenvalue weighted by atomic mass is 16.5. The van der Waals surface area contributed by atoms with Crippen LogP contribution in [0.25, 0.3) is 0 Å². The summed E-state index contributed by atoms with van der Waals surface area (Å²) >= 11 is 0. The van der Waals surface area contributed by atoms with Crippen LogP contribution < -0.4 is 4.74 Å². The van der Waals surface area contributed by atoms with Crippen molar-refractivity contribution in [2.75, 3.05) is 0 Å². The molecule has 0 saturated carbocycles. The van der Waals surface area contributed by atoms with Crippen LogP contribution in [0.3, 0.4) is 0 Å². The molecular formula is C14H15NO2. The van der Waals surface area contributed by atoms with Crippen LogP contribution in [0.2, 0.25) is 0 Å². The Kier molecular flexibility index (Phi) is 2.61. The number of fused-ring (bicyclic) bond motifs is 1. The lowest BCUT2D eigenvalue weighted by molar-refractivity contribution is 0.201. The maximum absolute atomic E-state index is 9.19. The fourth-order valence-corrected chi connectivity index (χ4v) is 2.35. The molecule has 17 heavy (non-hydrogen) atoms. The van der Waals surface area contributed by atoms with Crippen molar-refractivity contribution in [3.8, 4) is 5.75 Å². The normalized spacial score (nSPS) is 17.8. The fourth-order valence-electron chi connectivity index (χ4n) is 2.35. The third kappa shape index (κ3) is 1.94. The molecule has 2 aromatic rings. The number of nitrogens with zero attached hydrogens (tertiary/aromatic N) is 1. The van der Waals surface area contributed by atoms with Crippen molar-refractivity contribution in [1.82, 2.24) is 4.57 Å². The second-order valence-corrected chi connectivity index (χ2v) is 4.36. The Morgan fingerprint density at radius 1 is 1.24 bits per heavy atom. The van der Waals surface area contributed by atoms with E-state index in [1.165, 1.54) is 5.56 Å². The number of hydrogen-bond acceptors (Lipinski definition) is 2. The molecule has 0 spiro atoms. The SMILES string of the molecule is OCc1cccn1CC1Cc2ccccc2O1. The summed E-state index contributed by atoms with van der Waals surface area (Å²) in [6.07, 6.45) is 3.10. The van der Waals surface area contributed by atoms with Crippen molar-refractivity contribution < 1.29 is 9.84 Å². The zero-order chi connectivity index (χ0) is 11.7. The Hall–Kier alpha value is -1.74. The lowest BCUT2D eigenvalue weighted by Gasteiger charge is -2.13. The fraction of sp³-hybridized carbons (Fsp3) is 0.286. The number of ether oxygens (including phenoxy) is 1. The Morgan fingerprint density at radius 3 is 2.94 bits per heavy atom. The van der Waals surface area contributed by atoms with E-state index in [1.807, 2.05) is 36.5 Å². The van der Waals surface area contributed by atoms with Crippen LogP contribution in [0.15, 0.2) is 42.6 Å². The summed E-state index contributed by atoms with van der Waals surface area (Å²) in [5.74, 6) is 0.996. The quantitative estimate of drug-likeness (QED) is 0.873. The summed E-state index contributed by atoms with van der Waals surface area (Å²) in [5, 5.41) is 9.19. The molecule has 0 bridgehead atoms. The van der Waals surface area contributed by atoms with Gasteiger partial charge < -0.3 is 14.4 Å². The van der Waals surface area contributed by atoms with E-state index < -0.39 is 0 Å². The Morgan fingerprint density at radius 2 is 2.12 bits per heavy atom. The van der Waals surface area contributed by atoms with Crippen LogP contribution in [0.5, 0.6) is 5.75 Å². The van der Waals surface area contributed by atoms with E-state index in [9.17, 15) is 5.11 Å². The lowest BCUT2D eigenvalue weighted by atomic mass is 10.1. The minimum atomic E-state index is 0.0761. The van der Waals surface area contributed by atoms with Crippen molar-refractivity contribution in [3.63, 3.8) is 0 Å². The molecule has 3 rings (SSSR count). The second kappa shape index (κ2) is 4.26. The van der Waals surface area contributed by atoms with Crippen molar-refractivity contribution in [3.05, 3.63) is 53.9 Å². The molecule has 1 unspecified atom stereocenters. The Labute approximate surface area is 100 Å². The molecular weight excluding hydrogens is 214 g/mol. The summed E-state index contributed by atoms with van der Waals surface area (Å²) < 4.78 is 7.93. The van der Waals surface area contributed by atoms with Gasteiger partial charge in [-0.2, -0.15) is 0 Å². The first-order valence-electron chi connectivity index (χ1n) is 5.86. The molecule has 1 aliphatic heterocycles. The summed E-state index contributed by atoms with van der Waals surface area (Å²) in [7, 11) is 0. The molecule has 0 amide bonds. The molecule has 1 N–H and O–H groups in total. The summed E-state index contributed by atoms with van der Waals surface area (Å²) in [6.45, 7) is 0.865. The Balaban J connectivity index is 1.74. The van der Waals surface area contributed by atoms with Crippen LogP contribution in [-0.2, 0) is 19.6 Å². The van der Waals surface area contributed by atoms with E-state index in [0.717, 1.165) is 24.4 Å². The standard InChI is InChI=1S/C14H15NO2/c16-10-12-5-3-7-15(12)9-13-8-11-4-1-2-6-14(11)17-13/h1-7,13,16H,8-10H2. The van der Waals surface area contributed by atoms with Gasteiger partial charge in [-0.3, -0.25) is 0 Å². The number of aromatic nitrogens is 1. The third-order valence-corrected chi connectivity index (χ3v) is 3.20. The summed E-state index contributed by atoms with van der Waals surface area (Å²) in [4.78, 5) is 0. The van der Waals surface area contributed by atoms with Gasteiger partial charge in [-0.05, 0) is 23.8 Å². The number of rotatable bonds is 3. The molecule has 1 aliphatic rings. The third-order valence-electron chi connectivity index (χ3n) is 3.20. The van der Waals surface area contributed by atoms with Crippen LogP contribution in [0.4, 0.5) is 0 Å². The van der Waals surface area contributed by atoms with Gasteiger partial charge >= 0.3 is 0 Å². The lowest BCUT2D eigenvalue weighted by Crippen LogP contribution is -2.21. The largest absolute Gasteiger partial charge is 0.488 e. The molecule has 3 nitrogen and oxygen atoms in total. The van der Waals surface area contributed by atoms with Crippen LogP contribution in [0, 0.1) is 0 Å². The molecule has 3 heteroatoms. The predicted octanol–water partition coefficient (Wildman–Crippen LogP) is 1.98. The number of aliphatic hydroxyl groups excluding tert-OH is 1. The van der Waals surface area contributed by atoms with Gasteiger partial charge in [0.2, 0.25) is 0 Å². The van der Waals surface area contributed by atoms with E-state index in [2.05, 4.69) is 10.6 Å². The number of benzene rings is 1. The molecule has 1 atom stereocenters. The molecule has 1 aromatic heterocycles. The van der Waals surface area contributed by atoms with Crippen molar-refractivity contribution >= 4 is 0 Å². The van der Waals surface area contributed by atoms with Crippen LogP contribution in [0.1, 0.15) is 11.3 Å². The van der Waals surface area contributed by atoms with Gasteiger partial charge in [0.1, 0.15) is 11.9 Å². The topological polar surface area (TPSA) is 34.4 Å². The zero-order valence-electron chi connectivity index (χ0n) is 9.54. The van der Waals surface area contributed by atoms with Crippen LogP contribution in [-0.4, -0.2) is 15.8 Å². The maximum Gasteiger partial charge on any atom is 0.123 e. The molecule has 0 radical (unpaired) electrons. The first-order chi connectivity index (χ1) is 8.36. The average Bonchev–Trinajstić information content (AvgIpc) is 2.94. The maximum atomic E-state index is 9.19. The average molecular weight is 229 g/mol. The molecule has 0 saturated heterocycles. The van der Waals surface area contributed by atoms with E-state index in [-0.39, 0.29) is 12.7 Å². The summed E-state index contributed by atoms with van der Waals surface area (Å²) in [6, 6.07) is 12.0. The van der Waals surface area contributed by atoms with Gasteiger partial charge in [-0.1, -0.05) is 18.2 Å². The monoisotopic (exact) mass is 229 g/mol. The first-order valence-corrected chi connectivity index (χ1v) is 5.86. The predicted molar refractivity (Wildman–Crippen MR) is 64.9 cm³/mol. The number of hydrogen-bond donors (Lipinski definition) is 1. The highest BCUT2D eigenvalue weighted by Gasteiger charge is 2.22. The van der Waals surface area contributed by atoms with E-state index >= 15 is 0 Å². The smallest absolute Gasteiger partial charge is 0.123 e. The number of para-hydroxylation sites is 1. The van der Waals surface area contributed by atoms with Gasteiger partial charge in [0.25, 0.3) is 0 Å². The molecule has 0 fully saturated rings. The minimum absolute atomic E-state index is 0.0761. The number of aliphatic hydroxyl groups is 1. The van der Waals surface area contributed by atoms with E-state index in [4.69, 9.17) is 4.74 Å². The summed E-state index contributed by atoms with van der Waals surface area (Å²) in [5.41, 5.74) is 2.21. The van der Waals surface area contributed by atoms with E-state index in [0.29, 0.717) is 0 Å². The minimum Gasteiger partial charge on any atom is -0.488 e. The van der Waals surface area contributed by atoms with Gasteiger partial charge in [-0.15, -0.1) is 0 Å². The van der Waals surface area contributed by atoms with Crippen molar-refractivity contribution in [2.24, 2.45) is 0 Å². The van der Waals surface area contributed by atoms with Gasteiger partial charge in [0.15, 0.2) is 0 Å². The van der Waals surface area contributed by atoms with Gasteiger partial charge in [0.05, 0.1) is 13.2 Å². The van der Waals surface area contributed by atoms with Crippen LogP contribution >= 0.6 is 0 Å². The Bertz CT molecular complexity index is 493. The molecule has 88 valence electrons. The first kappa shape index (κ1) is 10.4. The van der Waals surface area contributed by atoms with Gasteiger partial charge in [-0.25, -0.2) is 0 Å². The van der Waals surface area contributed by atoms with Gasteiger partial charge in [0, 0.05) is 18.3 Å². The highest BCUT2D eigenvalue weighted by Crippen LogP contribution is 2.28. The molecule has 2 heterocycles. The van der Waals surface area contributed by atoms with E-state index in [1.54, 1.807) is 0 Å². The van der Waals surface area contributed by atoms with Crippen molar-refractivity contribution in [2.45, 2.75) is 25.7 Å². The second-order valence-electron chi connectivity index (χ2n) is 4.36. The molecule has 1 aromatic carbocycles. The zero-order valence-corrected chi connectivity index (χ0v) is 9.54. The molecule has 0 aliphatic carbocycles. The van der Waals surface area contributed by atoms with Crippen molar-refractivity contribution in [1.29, 1.82) is 0 Å². The highest BCUT2D eigenvalue weighted by molar-refractivity contribution is 5.37.